The van der Waals surface area contributed by atoms with E-state index >= 15 is 0 Å². The molecule has 3 rings (SSSR count). The van der Waals surface area contributed by atoms with Crippen LogP contribution in [0.25, 0.3) is 10.2 Å². The number of carbonyl (C=O) groups is 2. The van der Waals surface area contributed by atoms with Gasteiger partial charge in [-0.1, -0.05) is 41.2 Å². The molecule has 2 aromatic carbocycles. The first-order valence-electron chi connectivity index (χ1n) is 7.46. The second-order valence-corrected chi connectivity index (χ2v) is 6.53. The predicted molar refractivity (Wildman–Crippen MR) is 93.2 cm³/mol. The quantitative estimate of drug-likeness (QED) is 0.794. The van der Waals surface area contributed by atoms with E-state index in [1.54, 1.807) is 23.6 Å². The number of hydrogen-bond acceptors (Lipinski definition) is 3. The average molecular weight is 340 g/mol. The molecular formula is C18H16N2O3S. The fourth-order valence-corrected chi connectivity index (χ4v) is 3.50. The minimum atomic E-state index is -0.970. The Bertz CT molecular complexity index is 983. The van der Waals surface area contributed by atoms with Gasteiger partial charge in [-0.25, -0.2) is 4.79 Å². The van der Waals surface area contributed by atoms with E-state index in [-0.39, 0.29) is 5.91 Å². The van der Waals surface area contributed by atoms with E-state index in [9.17, 15) is 14.7 Å². The smallest absolute Gasteiger partial charge is 0.326 e. The highest BCUT2D eigenvalue weighted by Crippen LogP contribution is 2.20. The fraction of sp³-hybridized carbons (Fsp3) is 0.167. The lowest BCUT2D eigenvalue weighted by Gasteiger charge is -2.09. The van der Waals surface area contributed by atoms with E-state index < -0.39 is 12.0 Å². The second-order valence-electron chi connectivity index (χ2n) is 5.52. The van der Waals surface area contributed by atoms with Crippen molar-refractivity contribution in [1.82, 2.24) is 4.57 Å². The Kier molecular flexibility index (Phi) is 4.31. The number of aryl methyl sites for hydroxylation is 1. The maximum absolute atomic E-state index is 12.4. The second kappa shape index (κ2) is 6.41. The molecule has 1 N–H and O–H groups in total. The third-order valence-corrected chi connectivity index (χ3v) is 4.81. The molecule has 5 nitrogen and oxygen atoms in total. The van der Waals surface area contributed by atoms with Crippen molar-refractivity contribution in [2.45, 2.75) is 19.9 Å². The highest BCUT2D eigenvalue weighted by Gasteiger charge is 2.18. The SMILES string of the molecule is Cc1ccc(C(=O)/N=c2\sc3ccccc3n2C(C)C(=O)O)cc1. The Morgan fingerprint density at radius 2 is 1.79 bits per heavy atom. The Morgan fingerprint density at radius 3 is 2.46 bits per heavy atom. The van der Waals surface area contributed by atoms with Gasteiger partial charge in [-0.3, -0.25) is 4.79 Å². The summed E-state index contributed by atoms with van der Waals surface area (Å²) in [5.74, 6) is -1.35. The van der Waals surface area contributed by atoms with Gasteiger partial charge in [-0.05, 0) is 38.1 Å². The molecule has 0 radical (unpaired) electrons. The van der Waals surface area contributed by atoms with Gasteiger partial charge in [0.1, 0.15) is 6.04 Å². The van der Waals surface area contributed by atoms with Crippen LogP contribution in [0, 0.1) is 6.92 Å². The van der Waals surface area contributed by atoms with Gasteiger partial charge in [0.25, 0.3) is 5.91 Å². The Labute approximate surface area is 142 Å². The van der Waals surface area contributed by atoms with E-state index in [1.807, 2.05) is 43.3 Å². The summed E-state index contributed by atoms with van der Waals surface area (Å²) in [5.41, 5.74) is 2.29. The lowest BCUT2D eigenvalue weighted by molar-refractivity contribution is -0.140. The zero-order chi connectivity index (χ0) is 17.3. The molecule has 1 heterocycles. The van der Waals surface area contributed by atoms with Crippen molar-refractivity contribution in [3.63, 3.8) is 0 Å². The van der Waals surface area contributed by atoms with Crippen LogP contribution in [0.5, 0.6) is 0 Å². The first-order valence-corrected chi connectivity index (χ1v) is 8.27. The molecule has 0 aliphatic carbocycles. The van der Waals surface area contributed by atoms with Crippen molar-refractivity contribution in [3.8, 4) is 0 Å². The van der Waals surface area contributed by atoms with E-state index in [1.165, 1.54) is 11.3 Å². The molecule has 0 aliphatic rings. The summed E-state index contributed by atoms with van der Waals surface area (Å²) in [7, 11) is 0. The summed E-state index contributed by atoms with van der Waals surface area (Å²) in [6.07, 6.45) is 0. The number of fused-ring (bicyclic) bond motifs is 1. The number of aromatic nitrogens is 1. The maximum Gasteiger partial charge on any atom is 0.326 e. The number of amides is 1. The summed E-state index contributed by atoms with van der Waals surface area (Å²) in [6.45, 7) is 3.52. The van der Waals surface area contributed by atoms with Crippen molar-refractivity contribution in [2.24, 2.45) is 4.99 Å². The standard InChI is InChI=1S/C18H16N2O3S/c1-11-7-9-13(10-8-11)16(21)19-18-20(12(2)17(22)23)14-5-3-4-6-15(14)24-18/h3-10,12H,1-2H3,(H,22,23)/b19-18-. The molecule has 1 aromatic heterocycles. The Balaban J connectivity index is 2.17. The van der Waals surface area contributed by atoms with Crippen molar-refractivity contribution in [2.75, 3.05) is 0 Å². The number of nitrogens with zero attached hydrogens (tertiary/aromatic N) is 2. The lowest BCUT2D eigenvalue weighted by Crippen LogP contribution is -2.25. The number of benzene rings is 2. The minimum absolute atomic E-state index is 0.382. The number of para-hydroxylation sites is 1. The van der Waals surface area contributed by atoms with Crippen LogP contribution in [0.15, 0.2) is 53.5 Å². The molecule has 0 saturated heterocycles. The molecule has 0 fully saturated rings. The van der Waals surface area contributed by atoms with Crippen molar-refractivity contribution >= 4 is 33.4 Å². The molecule has 24 heavy (non-hydrogen) atoms. The van der Waals surface area contributed by atoms with Gasteiger partial charge in [0.05, 0.1) is 10.2 Å². The number of carboxylic acids is 1. The normalized spacial score (nSPS) is 13.2. The molecule has 1 amide bonds. The van der Waals surface area contributed by atoms with Crippen molar-refractivity contribution in [1.29, 1.82) is 0 Å². The highest BCUT2D eigenvalue weighted by atomic mass is 32.1. The van der Waals surface area contributed by atoms with Gasteiger partial charge in [0.15, 0.2) is 4.80 Å². The first kappa shape index (κ1) is 16.1. The first-order chi connectivity index (χ1) is 11.5. The van der Waals surface area contributed by atoms with Gasteiger partial charge in [-0.15, -0.1) is 0 Å². The molecule has 0 aliphatic heterocycles. The van der Waals surface area contributed by atoms with Crippen LogP contribution in [-0.4, -0.2) is 21.6 Å². The van der Waals surface area contributed by atoms with E-state index in [0.717, 1.165) is 15.8 Å². The number of thiazole rings is 1. The number of carbonyl (C=O) groups excluding carboxylic acids is 1. The zero-order valence-electron chi connectivity index (χ0n) is 13.3. The topological polar surface area (TPSA) is 71.7 Å². The summed E-state index contributed by atoms with van der Waals surface area (Å²) in [6, 6.07) is 13.8. The van der Waals surface area contributed by atoms with Crippen LogP contribution in [-0.2, 0) is 4.79 Å². The third-order valence-electron chi connectivity index (χ3n) is 3.77. The third kappa shape index (κ3) is 3.00. The molecule has 1 unspecified atom stereocenters. The zero-order valence-corrected chi connectivity index (χ0v) is 14.1. The number of aliphatic carboxylic acids is 1. The summed E-state index contributed by atoms with van der Waals surface area (Å²) in [4.78, 5) is 28.4. The monoisotopic (exact) mass is 340 g/mol. The van der Waals surface area contributed by atoms with E-state index in [4.69, 9.17) is 0 Å². The predicted octanol–water partition coefficient (Wildman–Crippen LogP) is 3.40. The van der Waals surface area contributed by atoms with Crippen LogP contribution in [0.2, 0.25) is 0 Å². The summed E-state index contributed by atoms with van der Waals surface area (Å²) >= 11 is 1.31. The van der Waals surface area contributed by atoms with Crippen molar-refractivity contribution in [3.05, 3.63) is 64.5 Å². The van der Waals surface area contributed by atoms with Crippen molar-refractivity contribution < 1.29 is 14.7 Å². The fourth-order valence-electron chi connectivity index (χ4n) is 2.40. The largest absolute Gasteiger partial charge is 0.480 e. The maximum atomic E-state index is 12.4. The van der Waals surface area contributed by atoms with Gasteiger partial charge in [-0.2, -0.15) is 4.99 Å². The van der Waals surface area contributed by atoms with Crippen LogP contribution in [0.1, 0.15) is 28.9 Å². The van der Waals surface area contributed by atoms with Crippen LogP contribution in [0.4, 0.5) is 0 Å². The molecule has 1 atom stereocenters. The lowest BCUT2D eigenvalue weighted by atomic mass is 10.1. The van der Waals surface area contributed by atoms with Gasteiger partial charge < -0.3 is 9.67 Å². The highest BCUT2D eigenvalue weighted by molar-refractivity contribution is 7.16. The summed E-state index contributed by atoms with van der Waals surface area (Å²) in [5, 5.41) is 9.38. The number of carboxylic acid groups (broad SMARTS) is 1. The summed E-state index contributed by atoms with van der Waals surface area (Å²) < 4.78 is 2.48. The molecule has 6 heteroatoms. The minimum Gasteiger partial charge on any atom is -0.480 e. The Morgan fingerprint density at radius 1 is 1.12 bits per heavy atom. The molecule has 0 saturated carbocycles. The number of rotatable bonds is 3. The van der Waals surface area contributed by atoms with Gasteiger partial charge in [0.2, 0.25) is 0 Å². The average Bonchev–Trinajstić information content (AvgIpc) is 2.92. The molecular weight excluding hydrogens is 324 g/mol. The van der Waals surface area contributed by atoms with Crippen LogP contribution >= 0.6 is 11.3 Å². The Hall–Kier alpha value is -2.73. The molecule has 122 valence electrons. The van der Waals surface area contributed by atoms with Crippen LogP contribution in [0.3, 0.4) is 0 Å². The molecule has 0 spiro atoms. The van der Waals surface area contributed by atoms with E-state index in [2.05, 4.69) is 4.99 Å². The number of hydrogen-bond donors (Lipinski definition) is 1. The van der Waals surface area contributed by atoms with Gasteiger partial charge in [0, 0.05) is 5.56 Å². The van der Waals surface area contributed by atoms with Gasteiger partial charge >= 0.3 is 5.97 Å². The molecule has 0 bridgehead atoms. The molecule has 3 aromatic rings. The van der Waals surface area contributed by atoms with Crippen LogP contribution < -0.4 is 4.80 Å². The van der Waals surface area contributed by atoms with E-state index in [0.29, 0.717) is 10.4 Å².